The Bertz CT molecular complexity index is 257. The Morgan fingerprint density at radius 3 is 2.36 bits per heavy atom. The third kappa shape index (κ3) is 16.0. The Balaban J connectivity index is 3.60. The van der Waals surface area contributed by atoms with E-state index in [9.17, 15) is 0 Å². The molecule has 0 aromatic heterocycles. The summed E-state index contributed by atoms with van der Waals surface area (Å²) in [6, 6.07) is 0. The highest BCUT2D eigenvalue weighted by atomic mass is 32.2. The first-order valence-electron chi connectivity index (χ1n) is 8.86. The Morgan fingerprint density at radius 2 is 1.68 bits per heavy atom. The van der Waals surface area contributed by atoms with Crippen LogP contribution in [0.2, 0.25) is 0 Å². The predicted octanol–water partition coefficient (Wildman–Crippen LogP) is 3.20. The van der Waals surface area contributed by atoms with E-state index in [4.69, 9.17) is 0 Å². The lowest BCUT2D eigenvalue weighted by molar-refractivity contribution is 0.390. The van der Waals surface area contributed by atoms with E-state index >= 15 is 0 Å². The van der Waals surface area contributed by atoms with Crippen molar-refractivity contribution in [2.24, 2.45) is 4.99 Å². The number of nitrogens with zero attached hydrogens (tertiary/aromatic N) is 2. The van der Waals surface area contributed by atoms with Crippen molar-refractivity contribution < 1.29 is 0 Å². The van der Waals surface area contributed by atoms with Crippen molar-refractivity contribution in [3.05, 3.63) is 0 Å². The molecule has 0 bridgehead atoms. The highest BCUT2D eigenvalue weighted by molar-refractivity contribution is 7.98. The molecule has 2 N–H and O–H groups in total. The molecule has 0 saturated heterocycles. The normalized spacial score (nSPS) is 12.0. The summed E-state index contributed by atoms with van der Waals surface area (Å²) in [5, 5.41) is 6.75. The van der Waals surface area contributed by atoms with E-state index < -0.39 is 0 Å². The fourth-order valence-corrected chi connectivity index (χ4v) is 2.67. The van der Waals surface area contributed by atoms with Crippen molar-refractivity contribution in [3.63, 3.8) is 0 Å². The molecule has 0 unspecified atom stereocenters. The maximum Gasteiger partial charge on any atom is 0.191 e. The summed E-state index contributed by atoms with van der Waals surface area (Å²) < 4.78 is 0. The molecule has 0 atom stereocenters. The van der Waals surface area contributed by atoms with Crippen LogP contribution in [0, 0.1) is 0 Å². The second-order valence-electron chi connectivity index (χ2n) is 5.96. The van der Waals surface area contributed by atoms with Crippen LogP contribution in [0.25, 0.3) is 0 Å². The van der Waals surface area contributed by atoms with Gasteiger partial charge in [-0.25, -0.2) is 0 Å². The van der Waals surface area contributed by atoms with E-state index in [-0.39, 0.29) is 0 Å². The van der Waals surface area contributed by atoms with Crippen LogP contribution in [-0.4, -0.2) is 63.1 Å². The molecule has 0 aromatic carbocycles. The molecule has 132 valence electrons. The zero-order valence-corrected chi connectivity index (χ0v) is 16.1. The van der Waals surface area contributed by atoms with Crippen molar-refractivity contribution in [2.75, 3.05) is 52.3 Å². The maximum absolute atomic E-state index is 4.66. The Labute approximate surface area is 142 Å². The van der Waals surface area contributed by atoms with Crippen LogP contribution in [0.1, 0.15) is 51.9 Å². The van der Waals surface area contributed by atoms with Crippen LogP contribution < -0.4 is 10.6 Å². The van der Waals surface area contributed by atoms with Crippen molar-refractivity contribution in [2.45, 2.75) is 51.9 Å². The number of thioether (sulfide) groups is 1. The van der Waals surface area contributed by atoms with E-state index in [1.807, 2.05) is 11.8 Å². The van der Waals surface area contributed by atoms with Gasteiger partial charge < -0.3 is 15.5 Å². The zero-order chi connectivity index (χ0) is 16.5. The standard InChI is InChI=1S/C17H38N4S/c1-5-18-17(20-14-10-12-16-22-4)19-13-9-7-6-8-11-15-21(2)3/h5-16H2,1-4H3,(H2,18,19,20). The second kappa shape index (κ2) is 16.9. The van der Waals surface area contributed by atoms with Crippen molar-refractivity contribution in [1.29, 1.82) is 0 Å². The molecule has 5 heteroatoms. The fourth-order valence-electron chi connectivity index (χ4n) is 2.18. The van der Waals surface area contributed by atoms with Crippen LogP contribution >= 0.6 is 11.8 Å². The summed E-state index contributed by atoms with van der Waals surface area (Å²) in [5.41, 5.74) is 0. The average Bonchev–Trinajstić information content (AvgIpc) is 2.49. The number of aliphatic imine (C=N–C) groups is 1. The molecule has 0 heterocycles. The topological polar surface area (TPSA) is 39.7 Å². The van der Waals surface area contributed by atoms with Crippen molar-refractivity contribution >= 4 is 17.7 Å². The first-order valence-corrected chi connectivity index (χ1v) is 10.3. The Morgan fingerprint density at radius 1 is 0.955 bits per heavy atom. The van der Waals surface area contributed by atoms with Gasteiger partial charge in [0.2, 0.25) is 0 Å². The molecule has 0 aliphatic carbocycles. The smallest absolute Gasteiger partial charge is 0.191 e. The van der Waals surface area contributed by atoms with Gasteiger partial charge in [-0.05, 0) is 65.3 Å². The molecular weight excluding hydrogens is 292 g/mol. The molecule has 0 saturated carbocycles. The first kappa shape index (κ1) is 21.6. The molecule has 4 nitrogen and oxygen atoms in total. The highest BCUT2D eigenvalue weighted by Gasteiger charge is 1.97. The van der Waals surface area contributed by atoms with Crippen LogP contribution in [0.5, 0.6) is 0 Å². The number of hydrogen-bond acceptors (Lipinski definition) is 3. The quantitative estimate of drug-likeness (QED) is 0.291. The minimum atomic E-state index is 0.932. The second-order valence-corrected chi connectivity index (χ2v) is 6.94. The molecule has 0 amide bonds. The summed E-state index contributed by atoms with van der Waals surface area (Å²) in [5.74, 6) is 2.24. The molecule has 0 aliphatic heterocycles. The third-order valence-electron chi connectivity index (χ3n) is 3.45. The van der Waals surface area contributed by atoms with Gasteiger partial charge in [0.1, 0.15) is 0 Å². The van der Waals surface area contributed by atoms with Crippen LogP contribution in [0.3, 0.4) is 0 Å². The summed E-state index contributed by atoms with van der Waals surface area (Å²) in [6.45, 7) is 6.23. The molecule has 0 aliphatic rings. The molecule has 0 rings (SSSR count). The number of rotatable bonds is 14. The Kier molecular flexibility index (Phi) is 16.6. The van der Waals surface area contributed by atoms with Gasteiger partial charge in [-0.2, -0.15) is 11.8 Å². The summed E-state index contributed by atoms with van der Waals surface area (Å²) in [4.78, 5) is 6.92. The van der Waals surface area contributed by atoms with Crippen LogP contribution in [0.15, 0.2) is 4.99 Å². The minimum absolute atomic E-state index is 0.932. The van der Waals surface area contributed by atoms with Gasteiger partial charge in [0.15, 0.2) is 5.96 Å². The molecule has 0 spiro atoms. The zero-order valence-electron chi connectivity index (χ0n) is 15.3. The third-order valence-corrected chi connectivity index (χ3v) is 4.14. The maximum atomic E-state index is 4.66. The van der Waals surface area contributed by atoms with Gasteiger partial charge >= 0.3 is 0 Å². The van der Waals surface area contributed by atoms with Crippen molar-refractivity contribution in [1.82, 2.24) is 15.5 Å². The van der Waals surface area contributed by atoms with Gasteiger partial charge in [0.25, 0.3) is 0 Å². The summed E-state index contributed by atoms with van der Waals surface area (Å²) in [7, 11) is 4.29. The molecule has 22 heavy (non-hydrogen) atoms. The Hall–Kier alpha value is -0.420. The van der Waals surface area contributed by atoms with E-state index in [1.165, 1.54) is 57.2 Å². The minimum Gasteiger partial charge on any atom is -0.357 e. The average molecular weight is 331 g/mol. The van der Waals surface area contributed by atoms with Gasteiger partial charge in [0.05, 0.1) is 0 Å². The van der Waals surface area contributed by atoms with Crippen molar-refractivity contribution in [3.8, 4) is 0 Å². The van der Waals surface area contributed by atoms with Crippen LogP contribution in [-0.2, 0) is 0 Å². The van der Waals surface area contributed by atoms with E-state index in [0.717, 1.165) is 25.6 Å². The predicted molar refractivity (Wildman–Crippen MR) is 103 cm³/mol. The van der Waals surface area contributed by atoms with Gasteiger partial charge in [-0.1, -0.05) is 19.3 Å². The SMILES string of the molecule is CCNC(=NCCCCCCCN(C)C)NCCCCSC. The first-order chi connectivity index (χ1) is 10.7. The summed E-state index contributed by atoms with van der Waals surface area (Å²) in [6.07, 6.45) is 11.2. The lowest BCUT2D eigenvalue weighted by Crippen LogP contribution is -2.37. The van der Waals surface area contributed by atoms with Gasteiger partial charge in [0, 0.05) is 19.6 Å². The number of unbranched alkanes of at least 4 members (excludes halogenated alkanes) is 5. The highest BCUT2D eigenvalue weighted by Crippen LogP contribution is 2.03. The monoisotopic (exact) mass is 330 g/mol. The summed E-state index contributed by atoms with van der Waals surface area (Å²) >= 11 is 1.92. The number of hydrogen-bond donors (Lipinski definition) is 2. The van der Waals surface area contributed by atoms with Gasteiger partial charge in [-0.15, -0.1) is 0 Å². The largest absolute Gasteiger partial charge is 0.357 e. The lowest BCUT2D eigenvalue weighted by Gasteiger charge is -2.11. The van der Waals surface area contributed by atoms with Gasteiger partial charge in [-0.3, -0.25) is 4.99 Å². The molecule has 0 fully saturated rings. The molecule has 0 aromatic rings. The van der Waals surface area contributed by atoms with E-state index in [1.54, 1.807) is 0 Å². The molecule has 0 radical (unpaired) electrons. The van der Waals surface area contributed by atoms with E-state index in [0.29, 0.717) is 0 Å². The van der Waals surface area contributed by atoms with E-state index in [2.05, 4.69) is 47.8 Å². The molecular formula is C17H38N4S. The number of nitrogens with one attached hydrogen (secondary N) is 2. The fraction of sp³-hybridized carbons (Fsp3) is 0.941. The van der Waals surface area contributed by atoms with Crippen LogP contribution in [0.4, 0.5) is 0 Å². The number of guanidine groups is 1. The lowest BCUT2D eigenvalue weighted by atomic mass is 10.1.